The zero-order valence-electron chi connectivity index (χ0n) is 69.0. The Morgan fingerprint density at radius 2 is 0.509 bits per heavy atom. The Bertz CT molecular complexity index is 8390. The van der Waals surface area contributed by atoms with Crippen molar-refractivity contribution in [3.8, 4) is 45.0 Å². The van der Waals surface area contributed by atoms with Gasteiger partial charge in [-0.2, -0.15) is 0 Å². The fraction of sp³-hybridized carbons (Fsp3) is 0.115. The van der Waals surface area contributed by atoms with Gasteiger partial charge in [-0.1, -0.05) is 121 Å². The third-order valence-electron chi connectivity index (χ3n) is 23.8. The van der Waals surface area contributed by atoms with Gasteiger partial charge in [-0.25, -0.2) is 18.3 Å². The molecule has 0 bridgehead atoms. The average molecular weight is 1520 g/mol. The van der Waals surface area contributed by atoms with Crippen molar-refractivity contribution in [2.45, 2.75) is 55.3 Å². The standard InChI is InChI=1S/2C27H22NO2.2C25H18NO2/c2*1-15-9-10-20-25-23(12-11-19-18-7-5-6-8-22(18)29-26(19)25)30-27(20)24(15)21-13-16(2)17(3)14-28(21)4;1-15-10-11-18-23-21(28-25(18)22(15)19-8-5-6-14-26(19)2)13-12-17-16-7-3-4-9-20(16)27-24(17)23;1-15-10-11-17-19-13-18-16-7-3-4-9-21(16)27-22(18)14-23(19)28-25(17)24(15)20-8-5-6-12-26(20)2/h2*5-14H,1-4H3;2*3-14H,1-2H3/q4*+1/i3D3;;;. The highest BCUT2D eigenvalue weighted by Gasteiger charge is 2.29. The van der Waals surface area contributed by atoms with E-state index >= 15 is 0 Å². The monoisotopic (exact) mass is 1520 g/mol. The molecule has 0 aliphatic heterocycles. The molecular weight excluding hydrogens is 1430 g/mol. The number of pyridine rings is 4. The van der Waals surface area contributed by atoms with Crippen LogP contribution in [0, 0.1) is 55.3 Å². The molecule has 12 aromatic carbocycles. The maximum Gasteiger partial charge on any atom is 0.216 e. The van der Waals surface area contributed by atoms with Gasteiger partial charge in [-0.3, -0.25) is 0 Å². The Kier molecular flexibility index (Phi) is 15.2. The fourth-order valence-electron chi connectivity index (χ4n) is 17.7. The van der Waals surface area contributed by atoms with Crippen molar-refractivity contribution >= 4 is 176 Å². The SMILES string of the molecule is Cc1cc(-c2c(C)ccc3c2oc2ccc4c5ccccc5oc4c23)[n+](C)cc1C.Cc1ccc2c(oc3cc4oc5ccccc5c4cc32)c1-c1cccc[n+]1C.Cc1ccc2c(oc3ccc4c5ccccc5oc4c32)c1-c1cccc[n+]1C.[2H]C([2H])([2H])c1c[n+](C)c(-c2c(C)ccc3c2oc2ccc4c5ccccc5oc4c23)cc1C. The summed E-state index contributed by atoms with van der Waals surface area (Å²) in [6.45, 7) is 12.4. The second kappa shape index (κ2) is 26.6. The van der Waals surface area contributed by atoms with E-state index in [9.17, 15) is 0 Å². The summed E-state index contributed by atoms with van der Waals surface area (Å²) in [7, 11) is 8.10. The summed E-state index contributed by atoms with van der Waals surface area (Å²) in [6.07, 6.45) is 8.02. The Hall–Kier alpha value is -14.4. The number of aromatic nitrogens is 4. The molecule has 24 aromatic rings. The van der Waals surface area contributed by atoms with Crippen molar-refractivity contribution in [1.82, 2.24) is 0 Å². The van der Waals surface area contributed by atoms with Crippen molar-refractivity contribution < 1.29 is 57.7 Å². The first-order valence-corrected chi connectivity index (χ1v) is 39.1. The van der Waals surface area contributed by atoms with Gasteiger partial charge in [0, 0.05) is 128 Å². The summed E-state index contributed by atoms with van der Waals surface area (Å²) in [5.74, 6) is 0. The van der Waals surface area contributed by atoms with Crippen molar-refractivity contribution in [2.75, 3.05) is 0 Å². The fourth-order valence-corrected chi connectivity index (χ4v) is 17.7. The second-order valence-corrected chi connectivity index (χ2v) is 31.0. The van der Waals surface area contributed by atoms with Crippen LogP contribution in [0.5, 0.6) is 0 Å². The van der Waals surface area contributed by atoms with Gasteiger partial charge < -0.3 is 35.3 Å². The lowest BCUT2D eigenvalue weighted by Gasteiger charge is -2.07. The number of nitrogens with zero attached hydrogens (tertiary/aromatic N) is 4. The minimum absolute atomic E-state index is 0.354. The zero-order chi connectivity index (χ0) is 81.3. The van der Waals surface area contributed by atoms with Gasteiger partial charge in [0.2, 0.25) is 22.8 Å². The smallest absolute Gasteiger partial charge is 0.216 e. The van der Waals surface area contributed by atoms with Gasteiger partial charge in [0.25, 0.3) is 0 Å². The van der Waals surface area contributed by atoms with Crippen molar-refractivity contribution in [2.24, 2.45) is 28.2 Å². The Morgan fingerprint density at radius 1 is 0.207 bits per heavy atom. The molecule has 0 aliphatic carbocycles. The van der Waals surface area contributed by atoms with E-state index in [2.05, 4.69) is 228 Å². The molecular formula is C104H80N4O8+4. The highest BCUT2D eigenvalue weighted by atomic mass is 16.4. The topological polar surface area (TPSA) is 121 Å². The number of furan rings is 8. The van der Waals surface area contributed by atoms with E-state index in [1.165, 1.54) is 27.8 Å². The molecule has 0 unspecified atom stereocenters. The van der Waals surface area contributed by atoms with E-state index in [0.29, 0.717) is 5.56 Å². The molecule has 0 aliphatic rings. The van der Waals surface area contributed by atoms with E-state index in [0.717, 1.165) is 232 Å². The van der Waals surface area contributed by atoms with Crippen LogP contribution in [0.3, 0.4) is 0 Å². The summed E-state index contributed by atoms with van der Waals surface area (Å²) in [5, 5.41) is 17.4. The van der Waals surface area contributed by atoms with Crippen molar-refractivity contribution in [3.63, 3.8) is 0 Å². The summed E-state index contributed by atoms with van der Waals surface area (Å²) in [5.41, 5.74) is 30.8. The molecule has 12 nitrogen and oxygen atoms in total. The molecule has 12 heteroatoms. The molecule has 0 saturated carbocycles. The van der Waals surface area contributed by atoms with Gasteiger partial charge >= 0.3 is 0 Å². The Balaban J connectivity index is 0.0000000986. The van der Waals surface area contributed by atoms with Gasteiger partial charge in [0.05, 0.1) is 38.4 Å². The Morgan fingerprint density at radius 3 is 0.922 bits per heavy atom. The van der Waals surface area contributed by atoms with E-state index in [-0.39, 0.29) is 0 Å². The third-order valence-corrected chi connectivity index (χ3v) is 23.8. The molecule has 116 heavy (non-hydrogen) atoms. The lowest BCUT2D eigenvalue weighted by molar-refractivity contribution is -0.660. The maximum atomic E-state index is 7.85. The van der Waals surface area contributed by atoms with Crippen LogP contribution >= 0.6 is 0 Å². The third kappa shape index (κ3) is 10.9. The van der Waals surface area contributed by atoms with Crippen LogP contribution in [0.4, 0.5) is 0 Å². The quantitative estimate of drug-likeness (QED) is 0.160. The molecule has 0 radical (unpaired) electrons. The first kappa shape index (κ1) is 66.3. The van der Waals surface area contributed by atoms with Gasteiger partial charge in [-0.05, 0) is 168 Å². The number of aryl methyl sites for hydroxylation is 12. The lowest BCUT2D eigenvalue weighted by atomic mass is 9.98. The summed E-state index contributed by atoms with van der Waals surface area (Å²) in [6, 6.07) is 83.0. The zero-order valence-corrected chi connectivity index (χ0v) is 66.0. The molecule has 0 amide bonds. The predicted octanol–water partition coefficient (Wildman–Crippen LogP) is 26.4. The van der Waals surface area contributed by atoms with E-state index in [1.807, 2.05) is 129 Å². The molecule has 0 saturated heterocycles. The summed E-state index contributed by atoms with van der Waals surface area (Å²) < 4.78 is 82.5. The first-order chi connectivity index (χ1) is 57.7. The van der Waals surface area contributed by atoms with E-state index < -0.39 is 6.85 Å². The van der Waals surface area contributed by atoms with E-state index in [4.69, 9.17) is 39.4 Å². The largest absolute Gasteiger partial charge is 0.456 e. The molecule has 0 atom stereocenters. The normalized spacial score (nSPS) is 12.5. The summed E-state index contributed by atoms with van der Waals surface area (Å²) >= 11 is 0. The predicted molar refractivity (Wildman–Crippen MR) is 468 cm³/mol. The molecule has 12 aromatic heterocycles. The van der Waals surface area contributed by atoms with Gasteiger partial charge in [-0.15, -0.1) is 0 Å². The van der Waals surface area contributed by atoms with Crippen LogP contribution in [-0.2, 0) is 28.2 Å². The molecule has 560 valence electrons. The lowest BCUT2D eigenvalue weighted by Crippen LogP contribution is -2.31. The van der Waals surface area contributed by atoms with Crippen molar-refractivity contribution in [1.29, 1.82) is 0 Å². The average Bonchev–Trinajstić information content (AvgIpc) is 1.59. The minimum atomic E-state index is -2.16. The molecule has 12 heterocycles. The molecule has 0 N–H and O–H groups in total. The van der Waals surface area contributed by atoms with Crippen LogP contribution in [0.2, 0.25) is 0 Å². The Labute approximate surface area is 669 Å². The van der Waals surface area contributed by atoms with Gasteiger partial charge in [0.1, 0.15) is 118 Å². The second-order valence-electron chi connectivity index (χ2n) is 31.0. The van der Waals surface area contributed by atoms with Crippen LogP contribution in [0.15, 0.2) is 303 Å². The first-order valence-electron chi connectivity index (χ1n) is 40.6. The number of benzene rings is 12. The van der Waals surface area contributed by atoms with E-state index in [1.54, 1.807) is 6.20 Å². The number of rotatable bonds is 4. The number of fused-ring (bicyclic) bond motifs is 27. The molecule has 0 fully saturated rings. The molecule has 0 spiro atoms. The van der Waals surface area contributed by atoms with Crippen LogP contribution in [0.1, 0.15) is 48.6 Å². The molecule has 24 rings (SSSR count). The van der Waals surface area contributed by atoms with Gasteiger partial charge in [0.15, 0.2) is 24.8 Å². The number of hydrogen-bond donors (Lipinski definition) is 0. The van der Waals surface area contributed by atoms with Crippen LogP contribution < -0.4 is 18.3 Å². The number of para-hydroxylation sites is 4. The maximum absolute atomic E-state index is 7.85. The highest BCUT2D eigenvalue weighted by Crippen LogP contribution is 2.48. The van der Waals surface area contributed by atoms with Crippen molar-refractivity contribution in [3.05, 3.63) is 312 Å². The van der Waals surface area contributed by atoms with Crippen LogP contribution in [0.25, 0.3) is 221 Å². The van der Waals surface area contributed by atoms with Crippen LogP contribution in [-0.4, -0.2) is 0 Å². The summed E-state index contributed by atoms with van der Waals surface area (Å²) in [4.78, 5) is 0. The number of hydrogen-bond acceptors (Lipinski definition) is 8. The minimum Gasteiger partial charge on any atom is -0.456 e. The highest BCUT2D eigenvalue weighted by molar-refractivity contribution is 6.27.